The van der Waals surface area contributed by atoms with Gasteiger partial charge in [-0.15, -0.1) is 0 Å². The maximum absolute atomic E-state index is 14.9. The average Bonchev–Trinajstić information content (AvgIpc) is 2.86. The molecule has 0 spiro atoms. The Morgan fingerprint density at radius 1 is 0.794 bits per heavy atom. The second-order valence-corrected chi connectivity index (χ2v) is 9.50. The van der Waals surface area contributed by atoms with Crippen LogP contribution in [0.4, 0.5) is 13.2 Å². The molecule has 34 heavy (non-hydrogen) atoms. The molecule has 0 N–H and O–H groups in total. The molecule has 1 saturated carbocycles. The molecule has 1 fully saturated rings. The fraction of sp³-hybridized carbons (Fsp3) is 0.355. The molecule has 0 bridgehead atoms. The van der Waals surface area contributed by atoms with Gasteiger partial charge < -0.3 is 0 Å². The first-order valence-electron chi connectivity index (χ1n) is 12.5. The summed E-state index contributed by atoms with van der Waals surface area (Å²) in [6.45, 7) is 4.20. The summed E-state index contributed by atoms with van der Waals surface area (Å²) in [7, 11) is 0. The maximum Gasteiger partial charge on any atom is 0.166 e. The van der Waals surface area contributed by atoms with E-state index in [2.05, 4.69) is 6.92 Å². The molecule has 0 amide bonds. The Balaban J connectivity index is 1.46. The van der Waals surface area contributed by atoms with Crippen LogP contribution in [0.1, 0.15) is 80.5 Å². The van der Waals surface area contributed by atoms with Crippen LogP contribution < -0.4 is 0 Å². The summed E-state index contributed by atoms with van der Waals surface area (Å²) in [5.74, 6) is -0.879. The van der Waals surface area contributed by atoms with E-state index in [4.69, 9.17) is 0 Å². The molecule has 0 heterocycles. The van der Waals surface area contributed by atoms with Gasteiger partial charge in [-0.25, -0.2) is 13.2 Å². The Hall–Kier alpha value is -2.81. The highest BCUT2D eigenvalue weighted by atomic mass is 19.2. The second kappa shape index (κ2) is 11.1. The Bertz CT molecular complexity index is 1140. The van der Waals surface area contributed by atoms with E-state index >= 15 is 0 Å². The van der Waals surface area contributed by atoms with Crippen molar-refractivity contribution in [3.05, 3.63) is 94.3 Å². The molecule has 1 aliphatic carbocycles. The van der Waals surface area contributed by atoms with Crippen LogP contribution in [0, 0.1) is 23.4 Å². The lowest BCUT2D eigenvalue weighted by atomic mass is 9.77. The molecule has 0 aromatic heterocycles. The first kappa shape index (κ1) is 24.3. The minimum absolute atomic E-state index is 0.111. The normalized spacial score (nSPS) is 18.5. The van der Waals surface area contributed by atoms with Gasteiger partial charge in [0, 0.05) is 11.1 Å². The third-order valence-corrected chi connectivity index (χ3v) is 7.24. The number of hydrogen-bond acceptors (Lipinski definition) is 0. The summed E-state index contributed by atoms with van der Waals surface area (Å²) in [6, 6.07) is 16.2. The predicted molar refractivity (Wildman–Crippen MR) is 136 cm³/mol. The van der Waals surface area contributed by atoms with Crippen LogP contribution in [0.5, 0.6) is 0 Å². The van der Waals surface area contributed by atoms with Gasteiger partial charge in [0.2, 0.25) is 0 Å². The van der Waals surface area contributed by atoms with Gasteiger partial charge in [-0.05, 0) is 72.3 Å². The van der Waals surface area contributed by atoms with Crippen molar-refractivity contribution in [3.8, 4) is 11.1 Å². The van der Waals surface area contributed by atoms with Gasteiger partial charge in [0.15, 0.2) is 11.6 Å². The van der Waals surface area contributed by atoms with E-state index in [-0.39, 0.29) is 17.3 Å². The van der Waals surface area contributed by atoms with Crippen LogP contribution in [-0.2, 0) is 6.42 Å². The Kier molecular flexibility index (Phi) is 7.92. The molecule has 0 saturated heterocycles. The molecule has 178 valence electrons. The summed E-state index contributed by atoms with van der Waals surface area (Å²) in [6.07, 6.45) is 10.6. The van der Waals surface area contributed by atoms with E-state index in [0.29, 0.717) is 11.1 Å². The fourth-order valence-electron chi connectivity index (χ4n) is 5.17. The maximum atomic E-state index is 14.9. The zero-order chi connectivity index (χ0) is 24.1. The SMILES string of the molecule is CCCC1CCC(c2ccc(/C=C/c3ccc(-c4ccc(CC)cc4F)cc3)c(F)c2F)CC1. The van der Waals surface area contributed by atoms with Gasteiger partial charge in [0.05, 0.1) is 0 Å². The molecule has 0 unspecified atom stereocenters. The lowest BCUT2D eigenvalue weighted by Crippen LogP contribution is -2.15. The fourth-order valence-corrected chi connectivity index (χ4v) is 5.17. The van der Waals surface area contributed by atoms with Crippen LogP contribution in [0.25, 0.3) is 23.3 Å². The van der Waals surface area contributed by atoms with Gasteiger partial charge in [-0.1, -0.05) is 87.4 Å². The van der Waals surface area contributed by atoms with Gasteiger partial charge >= 0.3 is 0 Å². The highest BCUT2D eigenvalue weighted by Gasteiger charge is 2.25. The van der Waals surface area contributed by atoms with Crippen molar-refractivity contribution >= 4 is 12.2 Å². The third-order valence-electron chi connectivity index (χ3n) is 7.24. The molecular weight excluding hydrogens is 429 g/mol. The molecule has 0 nitrogen and oxygen atoms in total. The van der Waals surface area contributed by atoms with Crippen LogP contribution in [0.15, 0.2) is 54.6 Å². The first-order chi connectivity index (χ1) is 16.5. The third kappa shape index (κ3) is 5.46. The highest BCUT2D eigenvalue weighted by Crippen LogP contribution is 2.39. The zero-order valence-corrected chi connectivity index (χ0v) is 20.1. The Morgan fingerprint density at radius 2 is 1.53 bits per heavy atom. The minimum atomic E-state index is -0.779. The lowest BCUT2D eigenvalue weighted by molar-refractivity contribution is 0.303. The number of rotatable bonds is 7. The predicted octanol–water partition coefficient (Wildman–Crippen LogP) is 9.58. The summed E-state index contributed by atoms with van der Waals surface area (Å²) >= 11 is 0. The van der Waals surface area contributed by atoms with E-state index in [9.17, 15) is 13.2 Å². The molecule has 0 radical (unpaired) electrons. The zero-order valence-electron chi connectivity index (χ0n) is 20.1. The van der Waals surface area contributed by atoms with E-state index in [1.165, 1.54) is 12.8 Å². The van der Waals surface area contributed by atoms with E-state index in [1.807, 2.05) is 37.3 Å². The van der Waals surface area contributed by atoms with E-state index in [0.717, 1.165) is 54.7 Å². The average molecular weight is 463 g/mol. The van der Waals surface area contributed by atoms with Crippen molar-refractivity contribution in [2.75, 3.05) is 0 Å². The van der Waals surface area contributed by atoms with Crippen molar-refractivity contribution < 1.29 is 13.2 Å². The lowest BCUT2D eigenvalue weighted by Gasteiger charge is -2.29. The Morgan fingerprint density at radius 3 is 2.18 bits per heavy atom. The molecule has 4 rings (SSSR count). The molecule has 1 aliphatic rings. The molecule has 3 aromatic rings. The van der Waals surface area contributed by atoms with Crippen molar-refractivity contribution in [1.29, 1.82) is 0 Å². The topological polar surface area (TPSA) is 0 Å². The van der Waals surface area contributed by atoms with Gasteiger partial charge in [-0.2, -0.15) is 0 Å². The molecule has 3 aromatic carbocycles. The number of halogens is 3. The molecule has 0 atom stereocenters. The van der Waals surface area contributed by atoms with Crippen molar-refractivity contribution in [2.24, 2.45) is 5.92 Å². The van der Waals surface area contributed by atoms with Gasteiger partial charge in [0.1, 0.15) is 5.82 Å². The van der Waals surface area contributed by atoms with Crippen LogP contribution >= 0.6 is 0 Å². The van der Waals surface area contributed by atoms with E-state index in [1.54, 1.807) is 36.4 Å². The number of hydrogen-bond donors (Lipinski definition) is 0. The molecule has 3 heteroatoms. The van der Waals surface area contributed by atoms with Crippen LogP contribution in [0.3, 0.4) is 0 Å². The summed E-state index contributed by atoms with van der Waals surface area (Å²) in [5.41, 5.74) is 3.90. The largest absolute Gasteiger partial charge is 0.206 e. The Labute approximate surface area is 201 Å². The summed E-state index contributed by atoms with van der Waals surface area (Å²) in [5, 5.41) is 0. The summed E-state index contributed by atoms with van der Waals surface area (Å²) in [4.78, 5) is 0. The van der Waals surface area contributed by atoms with Crippen molar-refractivity contribution in [1.82, 2.24) is 0 Å². The quantitative estimate of drug-likeness (QED) is 0.307. The van der Waals surface area contributed by atoms with Gasteiger partial charge in [0.25, 0.3) is 0 Å². The molecular formula is C31H33F3. The smallest absolute Gasteiger partial charge is 0.166 e. The van der Waals surface area contributed by atoms with Crippen molar-refractivity contribution in [3.63, 3.8) is 0 Å². The molecule has 0 aliphatic heterocycles. The van der Waals surface area contributed by atoms with Crippen LogP contribution in [0.2, 0.25) is 0 Å². The first-order valence-corrected chi connectivity index (χ1v) is 12.5. The van der Waals surface area contributed by atoms with Crippen molar-refractivity contribution in [2.45, 2.75) is 64.7 Å². The highest BCUT2D eigenvalue weighted by molar-refractivity contribution is 5.72. The number of benzene rings is 3. The second-order valence-electron chi connectivity index (χ2n) is 9.50. The van der Waals surface area contributed by atoms with E-state index < -0.39 is 11.6 Å². The van der Waals surface area contributed by atoms with Gasteiger partial charge in [-0.3, -0.25) is 0 Å². The number of aryl methyl sites for hydroxylation is 1. The standard InChI is InChI=1S/C31H33F3/c1-3-5-22-6-14-25(15-7-22)28-19-17-26(30(33)31(28)34)16-10-23-8-12-24(13-9-23)27-18-11-21(4-2)20-29(27)32/h8-13,16-20,22,25H,3-7,14-15H2,1-2H3/b16-10+. The minimum Gasteiger partial charge on any atom is -0.206 e. The van der Waals surface area contributed by atoms with Crippen LogP contribution in [-0.4, -0.2) is 0 Å². The summed E-state index contributed by atoms with van der Waals surface area (Å²) < 4.78 is 44.2. The monoisotopic (exact) mass is 462 g/mol.